The number of hydrogen-bond acceptors (Lipinski definition) is 4. The Labute approximate surface area is 168 Å². The van der Waals surface area contributed by atoms with Crippen LogP contribution in [0.4, 0.5) is 0 Å². The van der Waals surface area contributed by atoms with Crippen molar-refractivity contribution in [1.82, 2.24) is 20.8 Å². The van der Waals surface area contributed by atoms with Gasteiger partial charge in [-0.25, -0.2) is 4.99 Å². The number of aliphatic imine (C=N–C) groups is 1. The van der Waals surface area contributed by atoms with E-state index in [4.69, 9.17) is 27.7 Å². The van der Waals surface area contributed by atoms with Gasteiger partial charge in [-0.15, -0.1) is 24.0 Å². The molecule has 24 heavy (non-hydrogen) atoms. The maximum Gasteiger partial charge on any atom is 0.228 e. The first-order chi connectivity index (χ1) is 11.1. The minimum atomic E-state index is 0. The first-order valence-corrected chi connectivity index (χ1v) is 8.09. The van der Waals surface area contributed by atoms with Crippen molar-refractivity contribution in [3.05, 3.63) is 45.5 Å². The van der Waals surface area contributed by atoms with Gasteiger partial charge in [-0.1, -0.05) is 34.4 Å². The van der Waals surface area contributed by atoms with E-state index in [-0.39, 0.29) is 24.0 Å². The molecule has 0 bridgehead atoms. The lowest BCUT2D eigenvalue weighted by atomic mass is 10.2. The summed E-state index contributed by atoms with van der Waals surface area (Å²) in [6.07, 6.45) is 0.632. The van der Waals surface area contributed by atoms with Crippen molar-refractivity contribution < 1.29 is 4.52 Å². The molecule has 1 aromatic carbocycles. The van der Waals surface area contributed by atoms with E-state index in [0.29, 0.717) is 47.2 Å². The van der Waals surface area contributed by atoms with Crippen molar-refractivity contribution in [1.29, 1.82) is 0 Å². The van der Waals surface area contributed by atoms with Gasteiger partial charge in [-0.05, 0) is 31.5 Å². The highest BCUT2D eigenvalue weighted by atomic mass is 127. The van der Waals surface area contributed by atoms with E-state index in [9.17, 15) is 0 Å². The summed E-state index contributed by atoms with van der Waals surface area (Å²) in [6, 6.07) is 5.39. The molecule has 0 unspecified atom stereocenters. The van der Waals surface area contributed by atoms with E-state index in [0.717, 1.165) is 12.1 Å². The van der Waals surface area contributed by atoms with Crippen LogP contribution in [0.25, 0.3) is 0 Å². The molecule has 0 atom stereocenters. The molecule has 2 rings (SSSR count). The zero-order valence-corrected chi connectivity index (χ0v) is 17.3. The molecular formula is C15H20Cl2IN5O. The molecule has 2 N–H and O–H groups in total. The van der Waals surface area contributed by atoms with Gasteiger partial charge < -0.3 is 15.2 Å². The largest absolute Gasteiger partial charge is 0.357 e. The van der Waals surface area contributed by atoms with Gasteiger partial charge in [0.25, 0.3) is 0 Å². The molecule has 0 spiro atoms. The maximum absolute atomic E-state index is 6.15. The molecule has 9 heteroatoms. The third kappa shape index (κ3) is 6.82. The predicted molar refractivity (Wildman–Crippen MR) is 107 cm³/mol. The third-order valence-corrected chi connectivity index (χ3v) is 3.55. The quantitative estimate of drug-likeness (QED) is 0.373. The summed E-state index contributed by atoms with van der Waals surface area (Å²) in [5.74, 6) is 1.94. The topological polar surface area (TPSA) is 75.3 Å². The van der Waals surface area contributed by atoms with Crippen LogP contribution in [0.1, 0.15) is 24.2 Å². The minimum absolute atomic E-state index is 0. The van der Waals surface area contributed by atoms with E-state index >= 15 is 0 Å². The van der Waals surface area contributed by atoms with Crippen LogP contribution in [0.5, 0.6) is 0 Å². The number of benzene rings is 1. The highest BCUT2D eigenvalue weighted by Crippen LogP contribution is 2.21. The SMILES string of the molecule is CCNC(=NCc1ccc(Cl)cc1Cl)NCCc1nc(C)no1.I. The molecule has 0 saturated heterocycles. The van der Waals surface area contributed by atoms with E-state index in [1.165, 1.54) is 0 Å². The highest BCUT2D eigenvalue weighted by molar-refractivity contribution is 14.0. The first kappa shape index (κ1) is 21.0. The van der Waals surface area contributed by atoms with Crippen molar-refractivity contribution in [3.63, 3.8) is 0 Å². The van der Waals surface area contributed by atoms with Crippen LogP contribution in [0.2, 0.25) is 10.0 Å². The van der Waals surface area contributed by atoms with Crippen LogP contribution in [0.15, 0.2) is 27.7 Å². The fraction of sp³-hybridized carbons (Fsp3) is 0.400. The van der Waals surface area contributed by atoms with Crippen LogP contribution in [-0.4, -0.2) is 29.2 Å². The lowest BCUT2D eigenvalue weighted by Gasteiger charge is -2.10. The summed E-state index contributed by atoms with van der Waals surface area (Å²) in [4.78, 5) is 8.67. The zero-order valence-electron chi connectivity index (χ0n) is 13.5. The Morgan fingerprint density at radius 1 is 1.29 bits per heavy atom. The average Bonchev–Trinajstić information content (AvgIpc) is 2.91. The third-order valence-electron chi connectivity index (χ3n) is 2.97. The number of rotatable bonds is 6. The minimum Gasteiger partial charge on any atom is -0.357 e. The first-order valence-electron chi connectivity index (χ1n) is 7.33. The van der Waals surface area contributed by atoms with E-state index < -0.39 is 0 Å². The number of aryl methyl sites for hydroxylation is 1. The summed E-state index contributed by atoms with van der Waals surface area (Å²) in [5.41, 5.74) is 0.917. The van der Waals surface area contributed by atoms with Crippen LogP contribution >= 0.6 is 47.2 Å². The van der Waals surface area contributed by atoms with Crippen molar-refractivity contribution >= 4 is 53.1 Å². The Hall–Kier alpha value is -1.06. The fourth-order valence-electron chi connectivity index (χ4n) is 1.89. The molecule has 1 aromatic heterocycles. The Morgan fingerprint density at radius 2 is 2.08 bits per heavy atom. The second-order valence-corrected chi connectivity index (χ2v) is 5.69. The van der Waals surface area contributed by atoms with E-state index in [1.54, 1.807) is 19.1 Å². The van der Waals surface area contributed by atoms with Crippen molar-refractivity contribution in [2.45, 2.75) is 26.8 Å². The molecule has 0 aliphatic rings. The normalized spacial score (nSPS) is 11.1. The summed E-state index contributed by atoms with van der Waals surface area (Å²) in [5, 5.41) is 11.4. The lowest BCUT2D eigenvalue weighted by molar-refractivity contribution is 0.374. The van der Waals surface area contributed by atoms with Gasteiger partial charge in [-0.2, -0.15) is 4.98 Å². The van der Waals surface area contributed by atoms with Gasteiger partial charge in [0, 0.05) is 29.6 Å². The molecule has 2 aromatic rings. The second kappa shape index (κ2) is 10.7. The summed E-state index contributed by atoms with van der Waals surface area (Å²) in [6.45, 7) is 5.67. The van der Waals surface area contributed by atoms with Gasteiger partial charge in [0.1, 0.15) is 0 Å². The van der Waals surface area contributed by atoms with Gasteiger partial charge in [0.15, 0.2) is 11.8 Å². The summed E-state index contributed by atoms with van der Waals surface area (Å²) >= 11 is 12.0. The standard InChI is InChI=1S/C15H19Cl2N5O.HI/c1-3-18-15(19-7-6-14-21-10(2)22-23-14)20-9-11-4-5-12(16)8-13(11)17;/h4-5,8H,3,6-7,9H2,1-2H3,(H2,18,19,20);1H. The van der Waals surface area contributed by atoms with E-state index in [1.807, 2.05) is 13.0 Å². The Balaban J connectivity index is 0.00000288. The average molecular weight is 484 g/mol. The highest BCUT2D eigenvalue weighted by Gasteiger charge is 2.04. The molecule has 0 fully saturated rings. The smallest absolute Gasteiger partial charge is 0.228 e. The molecule has 6 nitrogen and oxygen atoms in total. The Morgan fingerprint density at radius 3 is 2.71 bits per heavy atom. The Kier molecular flexibility index (Phi) is 9.38. The molecule has 0 amide bonds. The van der Waals surface area contributed by atoms with Crippen molar-refractivity contribution in [2.75, 3.05) is 13.1 Å². The lowest BCUT2D eigenvalue weighted by Crippen LogP contribution is -2.38. The fourth-order valence-corrected chi connectivity index (χ4v) is 2.35. The molecule has 0 radical (unpaired) electrons. The van der Waals surface area contributed by atoms with Crippen molar-refractivity contribution in [2.24, 2.45) is 4.99 Å². The Bertz CT molecular complexity index is 678. The van der Waals surface area contributed by atoms with Gasteiger partial charge >= 0.3 is 0 Å². The van der Waals surface area contributed by atoms with Crippen LogP contribution < -0.4 is 10.6 Å². The predicted octanol–water partition coefficient (Wildman–Crippen LogP) is 3.60. The molecule has 132 valence electrons. The molecule has 0 saturated carbocycles. The zero-order chi connectivity index (χ0) is 16.7. The number of hydrogen-bond donors (Lipinski definition) is 2. The van der Waals surface area contributed by atoms with E-state index in [2.05, 4.69) is 25.8 Å². The van der Waals surface area contributed by atoms with Gasteiger partial charge in [0.05, 0.1) is 6.54 Å². The second-order valence-electron chi connectivity index (χ2n) is 4.84. The van der Waals surface area contributed by atoms with Crippen LogP contribution in [-0.2, 0) is 13.0 Å². The van der Waals surface area contributed by atoms with Gasteiger partial charge in [0.2, 0.25) is 5.89 Å². The molecule has 1 heterocycles. The molecular weight excluding hydrogens is 464 g/mol. The van der Waals surface area contributed by atoms with Crippen molar-refractivity contribution in [3.8, 4) is 0 Å². The monoisotopic (exact) mass is 483 g/mol. The molecule has 0 aliphatic carbocycles. The number of guanidine groups is 1. The number of nitrogens with zero attached hydrogens (tertiary/aromatic N) is 3. The van der Waals surface area contributed by atoms with Gasteiger partial charge in [-0.3, -0.25) is 0 Å². The maximum atomic E-state index is 6.15. The summed E-state index contributed by atoms with van der Waals surface area (Å²) in [7, 11) is 0. The van der Waals surface area contributed by atoms with Crippen LogP contribution in [0, 0.1) is 6.92 Å². The summed E-state index contributed by atoms with van der Waals surface area (Å²) < 4.78 is 5.07. The van der Waals surface area contributed by atoms with Crippen LogP contribution in [0.3, 0.4) is 0 Å². The number of nitrogens with one attached hydrogen (secondary N) is 2. The number of aromatic nitrogens is 2. The number of halogens is 3. The molecule has 0 aliphatic heterocycles.